The van der Waals surface area contributed by atoms with E-state index in [1.807, 2.05) is 42.5 Å². The van der Waals surface area contributed by atoms with Gasteiger partial charge in [-0.25, -0.2) is 4.79 Å². The van der Waals surface area contributed by atoms with Crippen LogP contribution in [0, 0.1) is 0 Å². The Morgan fingerprint density at radius 3 is 2.29 bits per heavy atom. The Bertz CT molecular complexity index is 1090. The summed E-state index contributed by atoms with van der Waals surface area (Å²) in [5, 5.41) is 2.78. The number of rotatable bonds is 7. The van der Waals surface area contributed by atoms with E-state index in [0.717, 1.165) is 5.56 Å². The fraction of sp³-hybridized carbons (Fsp3) is 0.154. The van der Waals surface area contributed by atoms with E-state index >= 15 is 0 Å². The number of alkyl carbamates (subject to hydrolysis) is 1. The molecule has 0 aromatic heterocycles. The minimum absolute atomic E-state index is 0.0515. The van der Waals surface area contributed by atoms with Crippen molar-refractivity contribution in [2.45, 2.75) is 12.3 Å². The molecule has 0 aliphatic heterocycles. The molecule has 0 saturated heterocycles. The highest BCUT2D eigenvalue weighted by molar-refractivity contribution is 5.93. The lowest BCUT2D eigenvalue weighted by Gasteiger charge is -2.14. The third kappa shape index (κ3) is 4.67. The fourth-order valence-electron chi connectivity index (χ4n) is 3.92. The molecular weight excluding hydrogens is 388 g/mol. The van der Waals surface area contributed by atoms with Crippen LogP contribution in [0.15, 0.2) is 78.9 Å². The van der Waals surface area contributed by atoms with Crippen molar-refractivity contribution in [1.82, 2.24) is 5.32 Å². The summed E-state index contributed by atoms with van der Waals surface area (Å²) in [7, 11) is 0. The normalized spacial score (nSPS) is 12.4. The summed E-state index contributed by atoms with van der Waals surface area (Å²) in [5.41, 5.74) is 11.4. The molecule has 0 fully saturated rings. The van der Waals surface area contributed by atoms with Crippen LogP contribution in [0.25, 0.3) is 17.2 Å². The Hall–Kier alpha value is -3.86. The van der Waals surface area contributed by atoms with Gasteiger partial charge in [0.1, 0.15) is 6.61 Å². The van der Waals surface area contributed by atoms with E-state index in [1.54, 1.807) is 18.2 Å². The van der Waals surface area contributed by atoms with E-state index < -0.39 is 12.0 Å². The van der Waals surface area contributed by atoms with Gasteiger partial charge in [-0.05, 0) is 46.4 Å². The molecule has 2 amide bonds. The number of amides is 2. The second-order valence-electron chi connectivity index (χ2n) is 7.43. The third-order valence-corrected chi connectivity index (χ3v) is 5.41. The highest BCUT2D eigenvalue weighted by Crippen LogP contribution is 2.44. The Balaban J connectivity index is 1.27. The molecule has 31 heavy (non-hydrogen) atoms. The second-order valence-corrected chi connectivity index (χ2v) is 7.43. The van der Waals surface area contributed by atoms with Crippen LogP contribution in [-0.2, 0) is 4.74 Å². The van der Waals surface area contributed by atoms with Gasteiger partial charge in [0.2, 0.25) is 5.91 Å². The predicted molar refractivity (Wildman–Crippen MR) is 122 cm³/mol. The van der Waals surface area contributed by atoms with Crippen LogP contribution < -0.4 is 11.1 Å². The summed E-state index contributed by atoms with van der Waals surface area (Å²) in [6, 6.07) is 23.6. The number of ether oxygens (including phenoxy) is 1. The summed E-state index contributed by atoms with van der Waals surface area (Å²) in [4.78, 5) is 23.4. The first kappa shape index (κ1) is 20.4. The van der Waals surface area contributed by atoms with Crippen LogP contribution >= 0.6 is 0 Å². The van der Waals surface area contributed by atoms with Gasteiger partial charge in [0.25, 0.3) is 0 Å². The number of primary amides is 1. The van der Waals surface area contributed by atoms with Gasteiger partial charge in [0.05, 0.1) is 0 Å². The topological polar surface area (TPSA) is 81.4 Å². The van der Waals surface area contributed by atoms with Gasteiger partial charge in [-0.15, -0.1) is 0 Å². The molecule has 156 valence electrons. The molecule has 3 N–H and O–H groups in total. The molecule has 5 nitrogen and oxygen atoms in total. The highest BCUT2D eigenvalue weighted by atomic mass is 16.5. The lowest BCUT2D eigenvalue weighted by molar-refractivity contribution is 0.1000. The van der Waals surface area contributed by atoms with Crippen molar-refractivity contribution >= 4 is 18.1 Å². The van der Waals surface area contributed by atoms with Crippen molar-refractivity contribution in [1.29, 1.82) is 0 Å². The maximum Gasteiger partial charge on any atom is 0.407 e. The van der Waals surface area contributed by atoms with Crippen LogP contribution in [0.1, 0.15) is 39.4 Å². The first-order valence-corrected chi connectivity index (χ1v) is 10.3. The monoisotopic (exact) mass is 412 g/mol. The van der Waals surface area contributed by atoms with Gasteiger partial charge < -0.3 is 15.8 Å². The van der Waals surface area contributed by atoms with E-state index in [2.05, 4.69) is 29.6 Å². The van der Waals surface area contributed by atoms with Crippen molar-refractivity contribution in [2.24, 2.45) is 5.73 Å². The van der Waals surface area contributed by atoms with Crippen molar-refractivity contribution in [2.75, 3.05) is 13.2 Å². The number of nitrogens with two attached hydrogens (primary N) is 1. The van der Waals surface area contributed by atoms with Crippen LogP contribution in [0.5, 0.6) is 0 Å². The van der Waals surface area contributed by atoms with E-state index in [-0.39, 0.29) is 5.92 Å². The smallest absolute Gasteiger partial charge is 0.407 e. The molecule has 0 unspecified atom stereocenters. The number of hydrogen-bond donors (Lipinski definition) is 2. The van der Waals surface area contributed by atoms with Crippen molar-refractivity contribution in [3.63, 3.8) is 0 Å². The Morgan fingerprint density at radius 1 is 0.935 bits per heavy atom. The number of hydrogen-bond acceptors (Lipinski definition) is 3. The molecule has 0 heterocycles. The van der Waals surface area contributed by atoms with E-state index in [0.29, 0.717) is 25.1 Å². The van der Waals surface area contributed by atoms with Gasteiger partial charge in [-0.1, -0.05) is 72.8 Å². The largest absolute Gasteiger partial charge is 0.449 e. The van der Waals surface area contributed by atoms with Gasteiger partial charge in [-0.3, -0.25) is 4.79 Å². The SMILES string of the molecule is NC(=O)c1cccc(C=CCCNC(=O)OCC2c3ccccc3-c3ccccc32)c1. The van der Waals surface area contributed by atoms with Crippen LogP contribution in [0.4, 0.5) is 4.79 Å². The molecule has 3 aromatic rings. The Labute approximate surface area is 181 Å². The Morgan fingerprint density at radius 2 is 1.61 bits per heavy atom. The number of fused-ring (bicyclic) bond motifs is 3. The minimum atomic E-state index is -0.452. The highest BCUT2D eigenvalue weighted by Gasteiger charge is 2.28. The zero-order chi connectivity index (χ0) is 21.6. The third-order valence-electron chi connectivity index (χ3n) is 5.41. The van der Waals surface area contributed by atoms with E-state index in [4.69, 9.17) is 10.5 Å². The molecular formula is C26H24N2O3. The second kappa shape index (κ2) is 9.30. The number of carbonyl (C=O) groups excluding carboxylic acids is 2. The summed E-state index contributed by atoms with van der Waals surface area (Å²) in [6.07, 6.45) is 4.05. The van der Waals surface area contributed by atoms with Gasteiger partial charge in [0, 0.05) is 18.0 Å². The van der Waals surface area contributed by atoms with E-state index in [9.17, 15) is 9.59 Å². The van der Waals surface area contributed by atoms with Crippen molar-refractivity contribution < 1.29 is 14.3 Å². The molecule has 0 spiro atoms. The average molecular weight is 412 g/mol. The van der Waals surface area contributed by atoms with Crippen LogP contribution in [0.2, 0.25) is 0 Å². The van der Waals surface area contributed by atoms with Crippen LogP contribution in [0.3, 0.4) is 0 Å². The molecule has 0 radical (unpaired) electrons. The molecule has 5 heteroatoms. The predicted octanol–water partition coefficient (Wildman–Crippen LogP) is 4.73. The molecule has 0 atom stereocenters. The molecule has 1 aliphatic rings. The summed E-state index contributed by atoms with van der Waals surface area (Å²) < 4.78 is 5.52. The quantitative estimate of drug-likeness (QED) is 0.551. The first-order valence-electron chi connectivity index (χ1n) is 10.3. The molecule has 0 bridgehead atoms. The first-order chi connectivity index (χ1) is 15.1. The van der Waals surface area contributed by atoms with Crippen LogP contribution in [-0.4, -0.2) is 25.2 Å². The fourth-order valence-corrected chi connectivity index (χ4v) is 3.92. The maximum atomic E-state index is 12.2. The number of benzene rings is 3. The lowest BCUT2D eigenvalue weighted by atomic mass is 9.98. The van der Waals surface area contributed by atoms with Gasteiger partial charge in [-0.2, -0.15) is 0 Å². The number of carbonyl (C=O) groups is 2. The van der Waals surface area contributed by atoms with E-state index in [1.165, 1.54) is 22.3 Å². The summed E-state index contributed by atoms with van der Waals surface area (Å²) in [5.74, 6) is -0.400. The van der Waals surface area contributed by atoms with Crippen molar-refractivity contribution in [3.8, 4) is 11.1 Å². The molecule has 3 aromatic carbocycles. The summed E-state index contributed by atoms with van der Waals surface area (Å²) in [6.45, 7) is 0.762. The molecule has 0 saturated carbocycles. The number of nitrogens with one attached hydrogen (secondary N) is 1. The Kier molecular flexibility index (Phi) is 6.13. The van der Waals surface area contributed by atoms with Crippen molar-refractivity contribution in [3.05, 3.63) is 101 Å². The minimum Gasteiger partial charge on any atom is -0.449 e. The lowest BCUT2D eigenvalue weighted by Crippen LogP contribution is -2.26. The average Bonchev–Trinajstić information content (AvgIpc) is 3.11. The molecule has 4 rings (SSSR count). The van der Waals surface area contributed by atoms with Gasteiger partial charge >= 0.3 is 6.09 Å². The molecule has 1 aliphatic carbocycles. The zero-order valence-corrected chi connectivity index (χ0v) is 17.1. The van der Waals surface area contributed by atoms with Gasteiger partial charge in [0.15, 0.2) is 0 Å². The maximum absolute atomic E-state index is 12.2. The standard InChI is InChI=1S/C26H24N2O3/c27-25(29)19-10-7-9-18(16-19)8-5-6-15-28-26(30)31-17-24-22-13-3-1-11-20(22)21-12-2-4-14-23(21)24/h1-5,7-14,16,24H,6,15,17H2,(H2,27,29)(H,28,30). The summed E-state index contributed by atoms with van der Waals surface area (Å²) >= 11 is 0. The zero-order valence-electron chi connectivity index (χ0n) is 17.1.